The van der Waals surface area contributed by atoms with Gasteiger partial charge in [0.15, 0.2) is 11.7 Å². The van der Waals surface area contributed by atoms with E-state index in [0.717, 1.165) is 36.0 Å². The van der Waals surface area contributed by atoms with E-state index in [0.29, 0.717) is 24.9 Å². The molecule has 3 amide bonds. The lowest BCUT2D eigenvalue weighted by atomic mass is 9.92. The highest BCUT2D eigenvalue weighted by Gasteiger charge is 2.60. The predicted molar refractivity (Wildman–Crippen MR) is 132 cm³/mol. The number of piperidine rings is 1. The van der Waals surface area contributed by atoms with Crippen molar-refractivity contribution in [1.29, 1.82) is 0 Å². The standard InChI is InChI=1S/C25H30N8O2/c1-4-5-13-33-21-22(34)29-24(35)31(3)25(21,30-23(33)32-12-8-9-17(26)15-32)14-20-27-16(2)18-10-6-7-11-19(18)28-20/h6-7,10-11,17,21H,8-9,12-15,26H2,1-3H3,(H,29,34,35)/t17-,21?,25?/m1/s1. The highest BCUT2D eigenvalue weighted by molar-refractivity contribution is 6.05. The van der Waals surface area contributed by atoms with Gasteiger partial charge < -0.3 is 15.5 Å². The van der Waals surface area contributed by atoms with Gasteiger partial charge in [0.2, 0.25) is 5.96 Å². The lowest BCUT2D eigenvalue weighted by Crippen LogP contribution is -2.71. The van der Waals surface area contributed by atoms with Crippen LogP contribution in [0.1, 0.15) is 31.3 Å². The van der Waals surface area contributed by atoms with E-state index in [1.807, 2.05) is 36.1 Å². The molecule has 2 saturated heterocycles. The van der Waals surface area contributed by atoms with Crippen LogP contribution in [0, 0.1) is 18.8 Å². The minimum atomic E-state index is -1.21. The van der Waals surface area contributed by atoms with Crippen LogP contribution < -0.4 is 11.1 Å². The van der Waals surface area contributed by atoms with E-state index in [1.54, 1.807) is 14.0 Å². The number of nitrogens with one attached hydrogen (secondary N) is 1. The fourth-order valence-electron chi connectivity index (χ4n) is 5.34. The summed E-state index contributed by atoms with van der Waals surface area (Å²) in [7, 11) is 1.67. The Morgan fingerprint density at radius 2 is 2.06 bits per heavy atom. The molecular weight excluding hydrogens is 444 g/mol. The Hall–Kier alpha value is -3.71. The summed E-state index contributed by atoms with van der Waals surface area (Å²) < 4.78 is 0. The maximum absolute atomic E-state index is 13.4. The van der Waals surface area contributed by atoms with Gasteiger partial charge in [0, 0.05) is 37.3 Å². The summed E-state index contributed by atoms with van der Waals surface area (Å²) in [5.41, 5.74) is 6.73. The number of urea groups is 1. The largest absolute Gasteiger partial charge is 0.341 e. The van der Waals surface area contributed by atoms with Gasteiger partial charge in [0.1, 0.15) is 5.82 Å². The Morgan fingerprint density at radius 3 is 2.83 bits per heavy atom. The number of nitrogens with zero attached hydrogens (tertiary/aromatic N) is 6. The van der Waals surface area contributed by atoms with Crippen molar-refractivity contribution in [2.24, 2.45) is 10.7 Å². The second-order valence-electron chi connectivity index (χ2n) is 9.37. The molecule has 0 spiro atoms. The second kappa shape index (κ2) is 8.82. The van der Waals surface area contributed by atoms with Crippen LogP contribution in [0.5, 0.6) is 0 Å². The molecule has 5 rings (SSSR count). The molecule has 1 aromatic heterocycles. The van der Waals surface area contributed by atoms with E-state index < -0.39 is 23.6 Å². The Kier molecular flexibility index (Phi) is 5.81. The zero-order chi connectivity index (χ0) is 24.7. The highest BCUT2D eigenvalue weighted by atomic mass is 16.2. The average molecular weight is 475 g/mol. The number of nitrogens with two attached hydrogens (primary N) is 1. The smallest absolute Gasteiger partial charge is 0.325 e. The molecule has 3 atom stereocenters. The van der Waals surface area contributed by atoms with E-state index in [1.165, 1.54) is 4.90 Å². The van der Waals surface area contributed by atoms with Crippen LogP contribution in [0.3, 0.4) is 0 Å². The van der Waals surface area contributed by atoms with Crippen LogP contribution in [-0.2, 0) is 11.2 Å². The van der Waals surface area contributed by atoms with Gasteiger partial charge in [0.05, 0.1) is 18.5 Å². The molecule has 2 fully saturated rings. The molecule has 3 aliphatic heterocycles. The number of likely N-dealkylation sites (N-methyl/N-ethyl adjacent to an activating group) is 1. The minimum absolute atomic E-state index is 0.0174. The quantitative estimate of drug-likeness (QED) is 0.633. The number of aromatic nitrogens is 2. The Bertz CT molecular complexity index is 1280. The molecule has 0 radical (unpaired) electrons. The second-order valence-corrected chi connectivity index (χ2v) is 9.37. The van der Waals surface area contributed by atoms with Crippen molar-refractivity contribution < 1.29 is 9.59 Å². The third-order valence-electron chi connectivity index (χ3n) is 7.09. The van der Waals surface area contributed by atoms with Gasteiger partial charge in [-0.1, -0.05) is 24.1 Å². The number of hydrogen-bond acceptors (Lipinski definition) is 8. The minimum Gasteiger partial charge on any atom is -0.341 e. The molecule has 2 unspecified atom stereocenters. The van der Waals surface area contributed by atoms with Gasteiger partial charge in [-0.15, -0.1) is 5.92 Å². The number of guanidine groups is 1. The summed E-state index contributed by atoms with van der Waals surface area (Å²) in [6.45, 7) is 5.41. The van der Waals surface area contributed by atoms with Crippen molar-refractivity contribution in [1.82, 2.24) is 30.0 Å². The van der Waals surface area contributed by atoms with Gasteiger partial charge in [0.25, 0.3) is 5.91 Å². The molecule has 10 heteroatoms. The number of likely N-dealkylation sites (tertiary alicyclic amines) is 1. The molecule has 10 nitrogen and oxygen atoms in total. The predicted octanol–water partition coefficient (Wildman–Crippen LogP) is 0.845. The molecule has 35 heavy (non-hydrogen) atoms. The summed E-state index contributed by atoms with van der Waals surface area (Å²) in [6, 6.07) is 6.56. The third kappa shape index (κ3) is 3.86. The summed E-state index contributed by atoms with van der Waals surface area (Å²) in [5.74, 6) is 6.78. The van der Waals surface area contributed by atoms with Crippen LogP contribution >= 0.6 is 0 Å². The third-order valence-corrected chi connectivity index (χ3v) is 7.09. The van der Waals surface area contributed by atoms with Crippen LogP contribution in [0.15, 0.2) is 29.3 Å². The van der Waals surface area contributed by atoms with E-state index in [2.05, 4.69) is 22.1 Å². The van der Waals surface area contributed by atoms with Gasteiger partial charge in [-0.2, -0.15) is 0 Å². The summed E-state index contributed by atoms with van der Waals surface area (Å²) >= 11 is 0. The average Bonchev–Trinajstić information content (AvgIpc) is 3.17. The molecule has 182 valence electrons. The van der Waals surface area contributed by atoms with Gasteiger partial charge in [-0.25, -0.2) is 19.8 Å². The number of hydrogen-bond donors (Lipinski definition) is 2. The number of para-hydroxylation sites is 1. The first-order chi connectivity index (χ1) is 16.8. The van der Waals surface area contributed by atoms with Gasteiger partial charge in [-0.3, -0.25) is 15.0 Å². The van der Waals surface area contributed by atoms with Crippen molar-refractivity contribution in [3.8, 4) is 11.8 Å². The maximum Gasteiger partial charge on any atom is 0.325 e. The summed E-state index contributed by atoms with van der Waals surface area (Å²) in [5, 5.41) is 3.46. The Morgan fingerprint density at radius 1 is 1.26 bits per heavy atom. The zero-order valence-corrected chi connectivity index (χ0v) is 20.3. The molecule has 3 aliphatic rings. The number of carbonyl (C=O) groups is 2. The molecular formula is C25H30N8O2. The SMILES string of the molecule is CC#CCN1C(N2CCC[C@@H](N)C2)=NC2(Cc3nc(C)c4ccccc4n3)C1C(=O)NC(=O)N2C. The lowest BCUT2D eigenvalue weighted by Gasteiger charge is -2.45. The fraction of sp³-hybridized carbons (Fsp3) is 0.480. The first-order valence-electron chi connectivity index (χ1n) is 11.9. The Balaban J connectivity index is 1.64. The van der Waals surface area contributed by atoms with Crippen LogP contribution in [0.2, 0.25) is 0 Å². The first kappa shape index (κ1) is 23.1. The number of fused-ring (bicyclic) bond motifs is 2. The Labute approximate surface area is 204 Å². The summed E-state index contributed by atoms with van der Waals surface area (Å²) in [6.07, 6.45) is 2.06. The summed E-state index contributed by atoms with van der Waals surface area (Å²) in [4.78, 5) is 46.4. The fourth-order valence-corrected chi connectivity index (χ4v) is 5.34. The molecule has 4 heterocycles. The van der Waals surface area contributed by atoms with E-state index in [-0.39, 0.29) is 12.5 Å². The maximum atomic E-state index is 13.4. The molecule has 0 saturated carbocycles. The molecule has 1 aromatic carbocycles. The number of benzene rings is 1. The van der Waals surface area contributed by atoms with Crippen LogP contribution in [-0.4, -0.2) is 87.0 Å². The van der Waals surface area contributed by atoms with E-state index >= 15 is 0 Å². The number of imide groups is 1. The van der Waals surface area contributed by atoms with Crippen molar-refractivity contribution in [3.05, 3.63) is 35.8 Å². The van der Waals surface area contributed by atoms with Crippen LogP contribution in [0.4, 0.5) is 4.79 Å². The zero-order valence-electron chi connectivity index (χ0n) is 20.3. The number of amides is 3. The molecule has 0 bridgehead atoms. The van der Waals surface area contributed by atoms with E-state index in [9.17, 15) is 9.59 Å². The van der Waals surface area contributed by atoms with Crippen molar-refractivity contribution in [2.75, 3.05) is 26.7 Å². The normalized spacial score (nSPS) is 26.3. The molecule has 0 aliphatic carbocycles. The van der Waals surface area contributed by atoms with Gasteiger partial charge >= 0.3 is 6.03 Å². The van der Waals surface area contributed by atoms with Gasteiger partial charge in [-0.05, 0) is 32.8 Å². The monoisotopic (exact) mass is 474 g/mol. The molecule has 3 N–H and O–H groups in total. The lowest BCUT2D eigenvalue weighted by molar-refractivity contribution is -0.130. The van der Waals surface area contributed by atoms with Crippen molar-refractivity contribution >= 4 is 28.8 Å². The first-order valence-corrected chi connectivity index (χ1v) is 11.9. The number of rotatable bonds is 3. The number of aliphatic imine (C=N–C) groups is 1. The molecule has 2 aromatic rings. The number of aryl methyl sites for hydroxylation is 1. The van der Waals surface area contributed by atoms with Crippen molar-refractivity contribution in [2.45, 2.75) is 50.9 Å². The highest BCUT2D eigenvalue weighted by Crippen LogP contribution is 2.38. The van der Waals surface area contributed by atoms with Crippen LogP contribution in [0.25, 0.3) is 10.9 Å². The topological polar surface area (TPSA) is 120 Å². The number of carbonyl (C=O) groups excluding carboxylic acids is 2. The van der Waals surface area contributed by atoms with Crippen molar-refractivity contribution in [3.63, 3.8) is 0 Å². The van der Waals surface area contributed by atoms with E-state index in [4.69, 9.17) is 20.7 Å².